The Morgan fingerprint density at radius 3 is 1.16 bits per heavy atom. The Labute approximate surface area is 290 Å². The second kappa shape index (κ2) is 10.9. The van der Waals surface area contributed by atoms with Gasteiger partial charge in [-0.2, -0.15) is 0 Å². The fourth-order valence-corrected chi connectivity index (χ4v) is 8.50. The topological polar surface area (TPSA) is 3.24 Å². The van der Waals surface area contributed by atoms with Gasteiger partial charge in [0.1, 0.15) is 0 Å². The van der Waals surface area contributed by atoms with Crippen LogP contribution >= 0.6 is 0 Å². The first-order chi connectivity index (χ1) is 23.8. The molecule has 1 heteroatoms. The molecular weight excluding hydrogens is 591 g/mol. The molecule has 0 N–H and O–H groups in total. The average molecular weight is 630 g/mol. The minimum atomic E-state index is -0.0832. The van der Waals surface area contributed by atoms with Gasteiger partial charge in [0.05, 0.1) is 0 Å². The smallest absolute Gasteiger partial charge is 0.0465 e. The first-order valence-electron chi connectivity index (χ1n) is 17.4. The largest absolute Gasteiger partial charge is 0.310 e. The van der Waals surface area contributed by atoms with Crippen molar-refractivity contribution in [3.63, 3.8) is 0 Å². The third kappa shape index (κ3) is 4.53. The zero-order chi connectivity index (χ0) is 33.3. The van der Waals surface area contributed by atoms with Gasteiger partial charge in [0.25, 0.3) is 0 Å². The Balaban J connectivity index is 1.19. The van der Waals surface area contributed by atoms with E-state index in [1.807, 2.05) is 0 Å². The molecule has 0 unspecified atom stereocenters. The SMILES string of the molecule is CC1(C)c2ccccc2-c2ccc(N(c3ccc(-c4ccccc4-c4ccccc4)cc3)c3ccc4c(c3)C(C)(C)c3ccccc3-4)cc21. The Morgan fingerprint density at radius 1 is 0.306 bits per heavy atom. The number of rotatable bonds is 5. The molecule has 7 aromatic carbocycles. The monoisotopic (exact) mass is 629 g/mol. The van der Waals surface area contributed by atoms with Crippen molar-refractivity contribution in [1.29, 1.82) is 0 Å². The van der Waals surface area contributed by atoms with E-state index in [1.54, 1.807) is 0 Å². The highest BCUT2D eigenvalue weighted by Gasteiger charge is 2.37. The molecule has 2 aliphatic rings. The predicted molar refractivity (Wildman–Crippen MR) is 207 cm³/mol. The first-order valence-corrected chi connectivity index (χ1v) is 17.4. The number of hydrogen-bond donors (Lipinski definition) is 0. The Hall–Kier alpha value is -5.66. The van der Waals surface area contributed by atoms with Crippen LogP contribution in [0, 0.1) is 0 Å². The summed E-state index contributed by atoms with van der Waals surface area (Å²) >= 11 is 0. The minimum absolute atomic E-state index is 0.0832. The summed E-state index contributed by atoms with van der Waals surface area (Å²) in [5.41, 5.74) is 19.1. The van der Waals surface area contributed by atoms with Crippen LogP contribution in [0.2, 0.25) is 0 Å². The van der Waals surface area contributed by atoms with Crippen LogP contribution in [0.3, 0.4) is 0 Å². The van der Waals surface area contributed by atoms with Gasteiger partial charge < -0.3 is 4.90 Å². The molecular formula is C48H39N. The maximum atomic E-state index is 2.45. The molecule has 0 spiro atoms. The van der Waals surface area contributed by atoms with Gasteiger partial charge >= 0.3 is 0 Å². The molecule has 9 rings (SSSR count). The lowest BCUT2D eigenvalue weighted by Crippen LogP contribution is -2.18. The van der Waals surface area contributed by atoms with E-state index in [-0.39, 0.29) is 10.8 Å². The van der Waals surface area contributed by atoms with E-state index < -0.39 is 0 Å². The lowest BCUT2D eigenvalue weighted by molar-refractivity contribution is 0.660. The summed E-state index contributed by atoms with van der Waals surface area (Å²) in [6.07, 6.45) is 0. The average Bonchev–Trinajstić information content (AvgIpc) is 3.52. The molecule has 0 atom stereocenters. The van der Waals surface area contributed by atoms with Crippen LogP contribution in [0.5, 0.6) is 0 Å². The molecule has 0 fully saturated rings. The van der Waals surface area contributed by atoms with Crippen molar-refractivity contribution in [3.05, 3.63) is 186 Å². The van der Waals surface area contributed by atoms with Gasteiger partial charge in [-0.3, -0.25) is 0 Å². The van der Waals surface area contributed by atoms with Gasteiger partial charge in [0.15, 0.2) is 0 Å². The first kappa shape index (κ1) is 29.5. The summed E-state index contributed by atoms with van der Waals surface area (Å²) in [5.74, 6) is 0. The summed E-state index contributed by atoms with van der Waals surface area (Å²) in [6, 6.07) is 60.5. The Bertz CT molecular complexity index is 2270. The van der Waals surface area contributed by atoms with E-state index >= 15 is 0 Å². The fourth-order valence-electron chi connectivity index (χ4n) is 8.50. The van der Waals surface area contributed by atoms with E-state index in [4.69, 9.17) is 0 Å². The fraction of sp³-hybridized carbons (Fsp3) is 0.125. The highest BCUT2D eigenvalue weighted by Crippen LogP contribution is 2.53. The molecule has 7 aromatic rings. The van der Waals surface area contributed by atoms with Crippen LogP contribution in [0.1, 0.15) is 49.9 Å². The third-order valence-electron chi connectivity index (χ3n) is 11.1. The van der Waals surface area contributed by atoms with Crippen LogP contribution < -0.4 is 4.90 Å². The number of benzene rings is 7. The summed E-state index contributed by atoms with van der Waals surface area (Å²) < 4.78 is 0. The Morgan fingerprint density at radius 2 is 0.673 bits per heavy atom. The van der Waals surface area contributed by atoms with Crippen molar-refractivity contribution in [3.8, 4) is 44.5 Å². The van der Waals surface area contributed by atoms with Crippen molar-refractivity contribution < 1.29 is 0 Å². The molecule has 49 heavy (non-hydrogen) atoms. The number of nitrogens with zero attached hydrogens (tertiary/aromatic N) is 1. The second-order valence-corrected chi connectivity index (χ2v) is 14.6. The van der Waals surface area contributed by atoms with Crippen LogP contribution in [-0.4, -0.2) is 0 Å². The lowest BCUT2D eigenvalue weighted by atomic mass is 9.82. The zero-order valence-corrected chi connectivity index (χ0v) is 28.5. The van der Waals surface area contributed by atoms with Gasteiger partial charge in [-0.05, 0) is 103 Å². The van der Waals surface area contributed by atoms with Gasteiger partial charge in [-0.25, -0.2) is 0 Å². The maximum absolute atomic E-state index is 2.45. The molecule has 0 radical (unpaired) electrons. The summed E-state index contributed by atoms with van der Waals surface area (Å²) in [5, 5.41) is 0. The van der Waals surface area contributed by atoms with Crippen molar-refractivity contribution in [2.75, 3.05) is 4.90 Å². The van der Waals surface area contributed by atoms with Crippen molar-refractivity contribution in [1.82, 2.24) is 0 Å². The summed E-state index contributed by atoms with van der Waals surface area (Å²) in [4.78, 5) is 2.45. The Kier molecular flexibility index (Phi) is 6.58. The molecule has 0 heterocycles. The predicted octanol–water partition coefficient (Wildman–Crippen LogP) is 13.1. The quantitative estimate of drug-likeness (QED) is 0.183. The van der Waals surface area contributed by atoms with E-state index in [0.717, 1.165) is 5.69 Å². The zero-order valence-electron chi connectivity index (χ0n) is 28.5. The van der Waals surface area contributed by atoms with Crippen molar-refractivity contribution in [2.24, 2.45) is 0 Å². The lowest BCUT2D eigenvalue weighted by Gasteiger charge is -2.30. The second-order valence-electron chi connectivity index (χ2n) is 14.6. The number of hydrogen-bond acceptors (Lipinski definition) is 1. The number of fused-ring (bicyclic) bond motifs is 6. The molecule has 0 saturated heterocycles. The minimum Gasteiger partial charge on any atom is -0.310 e. The van der Waals surface area contributed by atoms with E-state index in [0.29, 0.717) is 0 Å². The number of anilines is 3. The highest BCUT2D eigenvalue weighted by molar-refractivity contribution is 5.89. The van der Waals surface area contributed by atoms with Crippen LogP contribution in [0.15, 0.2) is 164 Å². The van der Waals surface area contributed by atoms with Crippen LogP contribution in [0.25, 0.3) is 44.5 Å². The van der Waals surface area contributed by atoms with Crippen LogP contribution in [-0.2, 0) is 10.8 Å². The molecule has 236 valence electrons. The summed E-state index contributed by atoms with van der Waals surface area (Å²) in [6.45, 7) is 9.44. The molecule has 0 bridgehead atoms. The molecule has 0 saturated carbocycles. The normalized spacial score (nSPS) is 14.4. The van der Waals surface area contributed by atoms with Crippen molar-refractivity contribution >= 4 is 17.1 Å². The molecule has 2 aliphatic carbocycles. The van der Waals surface area contributed by atoms with Gasteiger partial charge in [-0.15, -0.1) is 0 Å². The van der Waals surface area contributed by atoms with Gasteiger partial charge in [-0.1, -0.05) is 155 Å². The van der Waals surface area contributed by atoms with Crippen molar-refractivity contribution in [2.45, 2.75) is 38.5 Å². The van der Waals surface area contributed by atoms with E-state index in [2.05, 4.69) is 196 Å². The highest BCUT2D eigenvalue weighted by atomic mass is 15.1. The molecule has 0 aromatic heterocycles. The maximum Gasteiger partial charge on any atom is 0.0465 e. The third-order valence-corrected chi connectivity index (χ3v) is 11.1. The molecule has 0 aliphatic heterocycles. The summed E-state index contributed by atoms with van der Waals surface area (Å²) in [7, 11) is 0. The van der Waals surface area contributed by atoms with E-state index in [1.165, 1.54) is 78.1 Å². The van der Waals surface area contributed by atoms with Crippen LogP contribution in [0.4, 0.5) is 17.1 Å². The van der Waals surface area contributed by atoms with E-state index in [9.17, 15) is 0 Å². The van der Waals surface area contributed by atoms with Gasteiger partial charge in [0, 0.05) is 27.9 Å². The molecule has 0 amide bonds. The van der Waals surface area contributed by atoms with Gasteiger partial charge in [0.2, 0.25) is 0 Å². The molecule has 1 nitrogen and oxygen atoms in total. The standard InChI is InChI=1S/C48H39N/c1-47(2)43-20-12-10-18-39(43)41-28-26-35(30-45(41)47)49(36-27-29-42-40-19-11-13-21-44(40)48(3,4)46(42)31-36)34-24-22-33(23-25-34)38-17-9-8-16-37(38)32-14-6-5-7-15-32/h5-31H,1-4H3.